The number of hydrogen-bond donors (Lipinski definition) is 2. The van der Waals surface area contributed by atoms with Gasteiger partial charge in [0.1, 0.15) is 5.78 Å². The Hall–Kier alpha value is -0.900. The monoisotopic (exact) mass is 338 g/mol. The Balaban J connectivity index is 2.00. The first-order valence-electron chi connectivity index (χ1n) is 10.2. The van der Waals surface area contributed by atoms with Gasteiger partial charge in [-0.2, -0.15) is 0 Å². The minimum atomic E-state index is -0.646. The van der Waals surface area contributed by atoms with Gasteiger partial charge in [-0.25, -0.2) is 0 Å². The summed E-state index contributed by atoms with van der Waals surface area (Å²) in [5.74, 6) is -0.240. The molecule has 1 amide bonds. The lowest BCUT2D eigenvalue weighted by molar-refractivity contribution is -0.129. The van der Waals surface area contributed by atoms with Gasteiger partial charge in [0.2, 0.25) is 5.91 Å². The number of rotatable bonds is 13. The zero-order valence-electron chi connectivity index (χ0n) is 15.7. The van der Waals surface area contributed by atoms with Crippen LogP contribution in [0, 0.1) is 5.92 Å². The first-order valence-corrected chi connectivity index (χ1v) is 10.2. The number of carbonyl (C=O) groups excluding carboxylic acids is 2. The van der Waals surface area contributed by atoms with Crippen molar-refractivity contribution in [3.63, 3.8) is 0 Å². The summed E-state index contributed by atoms with van der Waals surface area (Å²) in [5, 5.41) is 2.77. The molecule has 0 aliphatic carbocycles. The summed E-state index contributed by atoms with van der Waals surface area (Å²) in [5.41, 5.74) is 5.92. The van der Waals surface area contributed by atoms with Crippen molar-refractivity contribution in [1.29, 1.82) is 0 Å². The second-order valence-corrected chi connectivity index (χ2v) is 7.32. The van der Waals surface area contributed by atoms with Crippen LogP contribution in [0.5, 0.6) is 0 Å². The van der Waals surface area contributed by atoms with Gasteiger partial charge in [0, 0.05) is 18.9 Å². The molecule has 140 valence electrons. The van der Waals surface area contributed by atoms with Gasteiger partial charge in [-0.05, 0) is 19.3 Å². The molecule has 4 nitrogen and oxygen atoms in total. The Morgan fingerprint density at radius 1 is 1.00 bits per heavy atom. The standard InChI is InChI=1S/C20H38N2O2/c1-2-3-4-5-6-7-8-9-10-11-12-15-18(23)17-14-13-16-22-20(24)19(17)21/h17,19H,2-16,21H2,1H3,(H,22,24)/t17?,19-/m0/s1. The van der Waals surface area contributed by atoms with E-state index in [-0.39, 0.29) is 17.6 Å². The quantitative estimate of drug-likeness (QED) is 0.496. The van der Waals surface area contributed by atoms with Gasteiger partial charge < -0.3 is 11.1 Å². The molecule has 0 aromatic rings. The van der Waals surface area contributed by atoms with E-state index in [2.05, 4.69) is 12.2 Å². The molecule has 3 N–H and O–H groups in total. The summed E-state index contributed by atoms with van der Waals surface area (Å²) in [6.45, 7) is 2.90. The topological polar surface area (TPSA) is 72.2 Å². The van der Waals surface area contributed by atoms with Crippen molar-refractivity contribution >= 4 is 11.7 Å². The Labute approximate surface area is 148 Å². The van der Waals surface area contributed by atoms with Crippen LogP contribution in [0.1, 0.15) is 96.8 Å². The second-order valence-electron chi connectivity index (χ2n) is 7.32. The normalized spacial score (nSPS) is 21.3. The van der Waals surface area contributed by atoms with Gasteiger partial charge in [0.25, 0.3) is 0 Å². The van der Waals surface area contributed by atoms with Crippen molar-refractivity contribution in [2.75, 3.05) is 6.54 Å². The largest absolute Gasteiger partial charge is 0.355 e. The summed E-state index contributed by atoms with van der Waals surface area (Å²) in [6, 6.07) is -0.646. The molecule has 1 fully saturated rings. The van der Waals surface area contributed by atoms with Crippen molar-refractivity contribution in [3.05, 3.63) is 0 Å². The molecule has 1 rings (SSSR count). The van der Waals surface area contributed by atoms with Gasteiger partial charge in [-0.15, -0.1) is 0 Å². The predicted molar refractivity (Wildman–Crippen MR) is 99.8 cm³/mol. The number of nitrogens with two attached hydrogens (primary N) is 1. The summed E-state index contributed by atoms with van der Waals surface area (Å²) >= 11 is 0. The average Bonchev–Trinajstić information content (AvgIpc) is 2.74. The van der Waals surface area contributed by atoms with E-state index in [1.807, 2.05) is 0 Å². The Morgan fingerprint density at radius 3 is 2.12 bits per heavy atom. The van der Waals surface area contributed by atoms with Crippen LogP contribution in [0.25, 0.3) is 0 Å². The van der Waals surface area contributed by atoms with Crippen LogP contribution in [0.3, 0.4) is 0 Å². The Morgan fingerprint density at radius 2 is 1.54 bits per heavy atom. The highest BCUT2D eigenvalue weighted by Crippen LogP contribution is 2.19. The van der Waals surface area contributed by atoms with E-state index >= 15 is 0 Å². The highest BCUT2D eigenvalue weighted by atomic mass is 16.2. The van der Waals surface area contributed by atoms with Gasteiger partial charge in [0.15, 0.2) is 0 Å². The number of carbonyl (C=O) groups is 2. The van der Waals surface area contributed by atoms with Crippen LogP contribution < -0.4 is 11.1 Å². The second kappa shape index (κ2) is 13.4. The molecule has 0 aromatic carbocycles. The predicted octanol–water partition coefficient (Wildman–Crippen LogP) is 4.11. The summed E-state index contributed by atoms with van der Waals surface area (Å²) in [4.78, 5) is 24.0. The lowest BCUT2D eigenvalue weighted by atomic mass is 9.89. The van der Waals surface area contributed by atoms with Crippen LogP contribution in [0.15, 0.2) is 0 Å². The minimum Gasteiger partial charge on any atom is -0.355 e. The number of ketones is 1. The number of unbranched alkanes of at least 4 members (excludes halogenated alkanes) is 10. The van der Waals surface area contributed by atoms with Crippen LogP contribution in [-0.2, 0) is 9.59 Å². The van der Waals surface area contributed by atoms with Crippen LogP contribution in [-0.4, -0.2) is 24.3 Å². The fraction of sp³-hybridized carbons (Fsp3) is 0.900. The summed E-state index contributed by atoms with van der Waals surface area (Å²) in [7, 11) is 0. The van der Waals surface area contributed by atoms with E-state index in [0.717, 1.165) is 25.7 Å². The SMILES string of the molecule is CCCCCCCCCCCCCC(=O)C1CCCNC(=O)[C@H]1N. The summed E-state index contributed by atoms with van der Waals surface area (Å²) in [6.07, 6.45) is 16.3. The van der Waals surface area contributed by atoms with Crippen molar-refractivity contribution in [1.82, 2.24) is 5.32 Å². The molecular formula is C20H38N2O2. The molecule has 0 saturated carbocycles. The van der Waals surface area contributed by atoms with Gasteiger partial charge in [0.05, 0.1) is 6.04 Å². The lowest BCUT2D eigenvalue weighted by Crippen LogP contribution is -2.45. The first kappa shape index (κ1) is 21.1. The van der Waals surface area contributed by atoms with Crippen LogP contribution in [0.4, 0.5) is 0 Å². The van der Waals surface area contributed by atoms with Crippen molar-refractivity contribution in [2.24, 2.45) is 11.7 Å². The highest BCUT2D eigenvalue weighted by Gasteiger charge is 2.31. The third kappa shape index (κ3) is 8.81. The van der Waals surface area contributed by atoms with E-state index < -0.39 is 6.04 Å². The van der Waals surface area contributed by atoms with E-state index in [9.17, 15) is 9.59 Å². The van der Waals surface area contributed by atoms with E-state index in [4.69, 9.17) is 5.73 Å². The zero-order chi connectivity index (χ0) is 17.6. The molecule has 0 bridgehead atoms. The van der Waals surface area contributed by atoms with Gasteiger partial charge >= 0.3 is 0 Å². The van der Waals surface area contributed by atoms with Crippen LogP contribution in [0.2, 0.25) is 0 Å². The fourth-order valence-electron chi connectivity index (χ4n) is 3.52. The maximum Gasteiger partial charge on any atom is 0.237 e. The molecule has 1 aliphatic heterocycles. The maximum atomic E-state index is 12.3. The molecular weight excluding hydrogens is 300 g/mol. The Kier molecular flexibility index (Phi) is 11.8. The molecule has 1 heterocycles. The maximum absolute atomic E-state index is 12.3. The molecule has 1 aliphatic rings. The zero-order valence-corrected chi connectivity index (χ0v) is 15.7. The average molecular weight is 339 g/mol. The highest BCUT2D eigenvalue weighted by molar-refractivity contribution is 5.91. The van der Waals surface area contributed by atoms with E-state index in [1.165, 1.54) is 57.8 Å². The first-order chi connectivity index (χ1) is 11.7. The molecule has 1 unspecified atom stereocenters. The van der Waals surface area contributed by atoms with Gasteiger partial charge in [-0.1, -0.05) is 71.1 Å². The molecule has 4 heteroatoms. The number of nitrogens with one attached hydrogen (secondary N) is 1. The van der Waals surface area contributed by atoms with E-state index in [0.29, 0.717) is 13.0 Å². The van der Waals surface area contributed by atoms with Crippen molar-refractivity contribution in [2.45, 2.75) is 103 Å². The fourth-order valence-corrected chi connectivity index (χ4v) is 3.52. The smallest absolute Gasteiger partial charge is 0.237 e. The number of hydrogen-bond acceptors (Lipinski definition) is 3. The third-order valence-corrected chi connectivity index (χ3v) is 5.17. The minimum absolute atomic E-state index is 0.162. The number of Topliss-reactive ketones (excluding diaryl/α,β-unsaturated/α-hetero) is 1. The lowest BCUT2D eigenvalue weighted by Gasteiger charge is -2.18. The van der Waals surface area contributed by atoms with Gasteiger partial charge in [-0.3, -0.25) is 9.59 Å². The summed E-state index contributed by atoms with van der Waals surface area (Å²) < 4.78 is 0. The van der Waals surface area contributed by atoms with Crippen LogP contribution >= 0.6 is 0 Å². The molecule has 24 heavy (non-hydrogen) atoms. The van der Waals surface area contributed by atoms with Crippen molar-refractivity contribution < 1.29 is 9.59 Å². The van der Waals surface area contributed by atoms with E-state index in [1.54, 1.807) is 0 Å². The molecule has 0 spiro atoms. The molecule has 0 radical (unpaired) electrons. The third-order valence-electron chi connectivity index (χ3n) is 5.17. The molecule has 1 saturated heterocycles. The van der Waals surface area contributed by atoms with Crippen molar-refractivity contribution in [3.8, 4) is 0 Å². The Bertz CT molecular complexity index is 358. The number of amides is 1. The molecule has 0 aromatic heterocycles. The molecule has 2 atom stereocenters.